The third-order valence-electron chi connectivity index (χ3n) is 6.96. The first-order chi connectivity index (χ1) is 15.8. The zero-order chi connectivity index (χ0) is 23.6. The second kappa shape index (κ2) is 10.7. The molecule has 0 bridgehead atoms. The molecule has 0 radical (unpaired) electrons. The zero-order valence-corrected chi connectivity index (χ0v) is 23.7. The van der Waals surface area contributed by atoms with Crippen LogP contribution in [-0.2, 0) is 15.0 Å². The summed E-state index contributed by atoms with van der Waals surface area (Å²) in [5.41, 5.74) is 6.23. The van der Waals surface area contributed by atoms with Crippen LogP contribution in [0.2, 0.25) is 0 Å². The maximum atomic E-state index is 6.05. The van der Waals surface area contributed by atoms with Crippen LogP contribution in [0.5, 0.6) is 0 Å². The maximum absolute atomic E-state index is 6.05. The van der Waals surface area contributed by atoms with E-state index in [1.807, 2.05) is 0 Å². The summed E-state index contributed by atoms with van der Waals surface area (Å²) < 4.78 is 0. The third-order valence-corrected chi connectivity index (χ3v) is 23.5. The summed E-state index contributed by atoms with van der Waals surface area (Å²) in [5.74, 6) is 0. The first kappa shape index (κ1) is 25.0. The Morgan fingerprint density at radius 1 is 0.636 bits per heavy atom. The van der Waals surface area contributed by atoms with Crippen molar-refractivity contribution in [3.05, 3.63) is 113 Å². The first-order valence-corrected chi connectivity index (χ1v) is 18.1. The molecule has 33 heavy (non-hydrogen) atoms. The standard InChI is InChI=1S/C29H32P3.Ni/c1-22-23(2)28(29(4,5)24(22)3)21-31(26-17-11-7-12-18-26)32(27-19-13-8-14-20-27)30-25-15-9-6-10-16-25;/h6-20H,21H2,1-5H3;/q-1;+1. The van der Waals surface area contributed by atoms with Gasteiger partial charge in [-0.2, -0.15) is 0 Å². The third kappa shape index (κ3) is 5.14. The van der Waals surface area contributed by atoms with Gasteiger partial charge in [-0.05, 0) is 0 Å². The van der Waals surface area contributed by atoms with Gasteiger partial charge >= 0.3 is 212 Å². The molecular weight excluding hydrogens is 500 g/mol. The summed E-state index contributed by atoms with van der Waals surface area (Å²) in [7, 11) is -1.01. The molecule has 4 rings (SSSR count). The van der Waals surface area contributed by atoms with Crippen molar-refractivity contribution in [3.8, 4) is 0 Å². The van der Waals surface area contributed by atoms with Crippen LogP contribution in [0.1, 0.15) is 34.6 Å². The average Bonchev–Trinajstić information content (AvgIpc) is 2.99. The van der Waals surface area contributed by atoms with E-state index in [9.17, 15) is 0 Å². The van der Waals surface area contributed by atoms with Crippen molar-refractivity contribution in [2.24, 2.45) is 5.41 Å². The van der Waals surface area contributed by atoms with E-state index in [4.69, 9.17) is 15.0 Å². The van der Waals surface area contributed by atoms with Gasteiger partial charge in [-0.1, -0.05) is 0 Å². The zero-order valence-electron chi connectivity index (χ0n) is 20.0. The van der Waals surface area contributed by atoms with Crippen LogP contribution in [0.15, 0.2) is 113 Å². The topological polar surface area (TPSA) is 0 Å². The Labute approximate surface area is 211 Å². The number of hydrogen-bond acceptors (Lipinski definition) is 0. The van der Waals surface area contributed by atoms with Gasteiger partial charge in [0.2, 0.25) is 0 Å². The fourth-order valence-electron chi connectivity index (χ4n) is 4.54. The van der Waals surface area contributed by atoms with Crippen molar-refractivity contribution in [1.29, 1.82) is 0 Å². The van der Waals surface area contributed by atoms with E-state index >= 15 is 0 Å². The van der Waals surface area contributed by atoms with Gasteiger partial charge in [-0.3, -0.25) is 0 Å². The molecule has 0 nitrogen and oxygen atoms in total. The van der Waals surface area contributed by atoms with Crippen LogP contribution in [-0.4, -0.2) is 6.16 Å². The molecule has 0 amide bonds. The van der Waals surface area contributed by atoms with Gasteiger partial charge in [-0.25, -0.2) is 0 Å². The van der Waals surface area contributed by atoms with Crippen molar-refractivity contribution in [2.45, 2.75) is 34.6 Å². The molecule has 1 aliphatic carbocycles. The van der Waals surface area contributed by atoms with E-state index in [1.54, 1.807) is 5.57 Å². The monoisotopic (exact) mass is 531 g/mol. The second-order valence-corrected chi connectivity index (χ2v) is 21.0. The summed E-state index contributed by atoms with van der Waals surface area (Å²) in [4.78, 5) is 0. The van der Waals surface area contributed by atoms with Gasteiger partial charge in [0.25, 0.3) is 0 Å². The normalized spacial score (nSPS) is 18.4. The molecule has 0 saturated heterocycles. The molecule has 1 aliphatic rings. The van der Waals surface area contributed by atoms with Crippen LogP contribution in [0.4, 0.5) is 0 Å². The summed E-state index contributed by atoms with van der Waals surface area (Å²) in [6, 6.07) is 33.3. The molecule has 3 aromatic carbocycles. The Morgan fingerprint density at radius 3 is 1.55 bits per heavy atom. The second-order valence-electron chi connectivity index (χ2n) is 9.07. The van der Waals surface area contributed by atoms with E-state index in [0.29, 0.717) is 0 Å². The van der Waals surface area contributed by atoms with Crippen molar-refractivity contribution in [1.82, 2.24) is 0 Å². The summed E-state index contributed by atoms with van der Waals surface area (Å²) in [6.07, 6.45) is 0.444. The van der Waals surface area contributed by atoms with E-state index in [1.165, 1.54) is 32.6 Å². The molecule has 0 saturated carbocycles. The number of hydrogen-bond donors (Lipinski definition) is 0. The molecule has 0 heterocycles. The van der Waals surface area contributed by atoms with Crippen molar-refractivity contribution >= 4 is 37.2 Å². The molecule has 0 aliphatic heterocycles. The van der Waals surface area contributed by atoms with E-state index in [2.05, 4.69) is 126 Å². The number of rotatable bonds is 7. The quantitative estimate of drug-likeness (QED) is 0.212. The Bertz CT molecular complexity index is 1150. The summed E-state index contributed by atoms with van der Waals surface area (Å²) in [6.45, 7) is 11.8. The molecule has 173 valence electrons. The fourth-order valence-corrected chi connectivity index (χ4v) is 22.3. The van der Waals surface area contributed by atoms with Crippen LogP contribution in [0.3, 0.4) is 0 Å². The molecule has 3 unspecified atom stereocenters. The van der Waals surface area contributed by atoms with Gasteiger partial charge in [0.05, 0.1) is 0 Å². The molecule has 0 spiro atoms. The predicted molar refractivity (Wildman–Crippen MR) is 149 cm³/mol. The Balaban J connectivity index is 1.86. The Hall–Kier alpha value is -1.08. The molecule has 0 aromatic heterocycles. The predicted octanol–water partition coefficient (Wildman–Crippen LogP) is 8.39. The van der Waals surface area contributed by atoms with E-state index < -0.39 is 21.3 Å². The SMILES string of the molecule is CC1=C(C)C(C)(C)C(CP(c2ccccc2)P(c2ccccc2)[P]([Ni])c2ccccc2)=C1C. The summed E-state index contributed by atoms with van der Waals surface area (Å²) >= 11 is 6.05. The molecule has 3 aromatic rings. The van der Waals surface area contributed by atoms with Crippen molar-refractivity contribution in [2.75, 3.05) is 6.16 Å². The van der Waals surface area contributed by atoms with Crippen molar-refractivity contribution in [3.63, 3.8) is 0 Å². The van der Waals surface area contributed by atoms with Gasteiger partial charge in [0.1, 0.15) is 0 Å². The molecule has 0 fully saturated rings. The van der Waals surface area contributed by atoms with Crippen LogP contribution in [0, 0.1) is 5.41 Å². The van der Waals surface area contributed by atoms with Crippen LogP contribution >= 0.6 is 21.3 Å². The van der Waals surface area contributed by atoms with Gasteiger partial charge in [0, 0.05) is 0 Å². The molecule has 3 atom stereocenters. The van der Waals surface area contributed by atoms with Crippen molar-refractivity contribution < 1.29 is 15.0 Å². The minimum absolute atomic E-state index is 0.113. The van der Waals surface area contributed by atoms with E-state index in [-0.39, 0.29) is 5.41 Å². The fraction of sp³-hybridized carbons (Fsp3) is 0.241. The first-order valence-electron chi connectivity index (χ1n) is 11.4. The minimum atomic E-state index is -0.683. The van der Waals surface area contributed by atoms with Gasteiger partial charge in [0.15, 0.2) is 0 Å². The molecule has 0 N–H and O–H groups in total. The molecule has 4 heteroatoms. The Kier molecular flexibility index (Phi) is 8.10. The van der Waals surface area contributed by atoms with Gasteiger partial charge < -0.3 is 0 Å². The summed E-state index contributed by atoms with van der Waals surface area (Å²) in [5, 5.41) is 4.30. The van der Waals surface area contributed by atoms with Crippen LogP contribution in [0.25, 0.3) is 0 Å². The number of allylic oxidation sites excluding steroid dienone is 4. The van der Waals surface area contributed by atoms with E-state index in [0.717, 1.165) is 6.16 Å². The molecular formula is C29H32NiP3. The number of benzene rings is 3. The van der Waals surface area contributed by atoms with Gasteiger partial charge in [-0.15, -0.1) is 0 Å². The average molecular weight is 532 g/mol. The van der Waals surface area contributed by atoms with Crippen LogP contribution < -0.4 is 15.9 Å². The Morgan fingerprint density at radius 2 is 1.09 bits per heavy atom.